The molecule has 0 bridgehead atoms. The van der Waals surface area contributed by atoms with Crippen molar-refractivity contribution in [2.75, 3.05) is 40.9 Å². The summed E-state index contributed by atoms with van der Waals surface area (Å²) in [6.07, 6.45) is 68.0. The molecular formula is C54H88N2O6P+. The zero-order valence-corrected chi connectivity index (χ0v) is 40.9. The van der Waals surface area contributed by atoms with Crippen LogP contribution < -0.4 is 5.32 Å². The van der Waals surface area contributed by atoms with E-state index in [1.165, 1.54) is 12.8 Å². The Morgan fingerprint density at radius 3 is 1.37 bits per heavy atom. The van der Waals surface area contributed by atoms with Crippen LogP contribution in [0.5, 0.6) is 0 Å². The maximum absolute atomic E-state index is 12.9. The number of aliphatic hydroxyl groups is 1. The summed E-state index contributed by atoms with van der Waals surface area (Å²) in [6.45, 7) is 4.53. The van der Waals surface area contributed by atoms with Crippen LogP contribution in [0.25, 0.3) is 0 Å². The molecule has 3 atom stereocenters. The van der Waals surface area contributed by atoms with E-state index in [9.17, 15) is 19.4 Å². The zero-order chi connectivity index (χ0) is 46.4. The van der Waals surface area contributed by atoms with E-state index in [1.54, 1.807) is 6.08 Å². The Morgan fingerprint density at radius 2 is 0.937 bits per heavy atom. The van der Waals surface area contributed by atoms with Crippen LogP contribution in [0, 0.1) is 0 Å². The van der Waals surface area contributed by atoms with Crippen LogP contribution >= 0.6 is 7.82 Å². The van der Waals surface area contributed by atoms with Gasteiger partial charge < -0.3 is 19.8 Å². The zero-order valence-electron chi connectivity index (χ0n) is 40.0. The van der Waals surface area contributed by atoms with E-state index in [-0.39, 0.29) is 25.5 Å². The minimum atomic E-state index is -4.38. The topological polar surface area (TPSA) is 105 Å². The first-order valence-corrected chi connectivity index (χ1v) is 25.2. The number of allylic oxidation sites excluding steroid dienone is 23. The van der Waals surface area contributed by atoms with Crippen LogP contribution in [0.2, 0.25) is 0 Å². The number of nitrogens with zero attached hydrogens (tertiary/aromatic N) is 1. The lowest BCUT2D eigenvalue weighted by Gasteiger charge is -2.25. The van der Waals surface area contributed by atoms with E-state index in [2.05, 4.69) is 153 Å². The first kappa shape index (κ1) is 59.4. The average molecular weight is 892 g/mol. The second kappa shape index (κ2) is 43.6. The van der Waals surface area contributed by atoms with Crippen molar-refractivity contribution in [1.82, 2.24) is 5.32 Å². The number of rotatable bonds is 40. The molecular weight excluding hydrogens is 804 g/mol. The Kier molecular flexibility index (Phi) is 41.1. The third kappa shape index (κ3) is 46.2. The van der Waals surface area contributed by atoms with Gasteiger partial charge in [0.05, 0.1) is 39.9 Å². The molecule has 8 nitrogen and oxygen atoms in total. The van der Waals surface area contributed by atoms with Gasteiger partial charge in [-0.25, -0.2) is 4.57 Å². The highest BCUT2D eigenvalue weighted by molar-refractivity contribution is 7.47. The Morgan fingerprint density at radius 1 is 0.556 bits per heavy atom. The molecule has 0 saturated heterocycles. The minimum Gasteiger partial charge on any atom is -0.387 e. The van der Waals surface area contributed by atoms with E-state index in [0.717, 1.165) is 96.3 Å². The molecule has 0 rings (SSSR count). The molecule has 0 radical (unpaired) electrons. The fourth-order valence-corrected chi connectivity index (χ4v) is 6.26. The maximum atomic E-state index is 12.9. The number of hydrogen-bond donors (Lipinski definition) is 3. The molecule has 63 heavy (non-hydrogen) atoms. The molecule has 0 aliphatic heterocycles. The Bertz CT molecular complexity index is 1520. The molecule has 9 heteroatoms. The number of phosphoric acid groups is 1. The molecule has 3 unspecified atom stereocenters. The van der Waals surface area contributed by atoms with Crippen LogP contribution in [-0.2, 0) is 18.4 Å². The Balaban J connectivity index is 4.47. The summed E-state index contributed by atoms with van der Waals surface area (Å²) in [5, 5.41) is 13.7. The monoisotopic (exact) mass is 892 g/mol. The average Bonchev–Trinajstić information content (AvgIpc) is 3.24. The van der Waals surface area contributed by atoms with Gasteiger partial charge in [0.2, 0.25) is 5.91 Å². The third-order valence-corrected chi connectivity index (χ3v) is 10.3. The second-order valence-electron chi connectivity index (χ2n) is 16.4. The SMILES string of the molecule is CC/C=C\C/C=C\C/C=C\C/C=C\C/C=C\C/C=C\C/C=C\C/C=C\C/C=C\CCCC(=O)NC(COP(=O)(O)OCC[N+](C)(C)C)C(O)/C=C/CC/C=C/CC/C=C/CCCC. The molecule has 1 amide bonds. The highest BCUT2D eigenvalue weighted by Gasteiger charge is 2.27. The van der Waals surface area contributed by atoms with Gasteiger partial charge in [-0.1, -0.05) is 173 Å². The van der Waals surface area contributed by atoms with Gasteiger partial charge in [-0.2, -0.15) is 0 Å². The second-order valence-corrected chi connectivity index (χ2v) is 17.8. The lowest BCUT2D eigenvalue weighted by molar-refractivity contribution is -0.870. The fourth-order valence-electron chi connectivity index (χ4n) is 5.53. The van der Waals surface area contributed by atoms with Gasteiger partial charge in [0.1, 0.15) is 13.2 Å². The van der Waals surface area contributed by atoms with Crippen LogP contribution in [0.15, 0.2) is 146 Å². The van der Waals surface area contributed by atoms with Crippen molar-refractivity contribution in [3.05, 3.63) is 146 Å². The number of amides is 1. The van der Waals surface area contributed by atoms with E-state index in [4.69, 9.17) is 9.05 Å². The van der Waals surface area contributed by atoms with E-state index in [1.807, 2.05) is 27.2 Å². The normalized spacial score (nSPS) is 15.5. The molecule has 0 aliphatic rings. The summed E-state index contributed by atoms with van der Waals surface area (Å²) in [5.41, 5.74) is 0. The van der Waals surface area contributed by atoms with Gasteiger partial charge in [-0.15, -0.1) is 0 Å². The van der Waals surface area contributed by atoms with Crippen LogP contribution in [0.1, 0.15) is 136 Å². The van der Waals surface area contributed by atoms with Crippen LogP contribution in [-0.4, -0.2) is 73.4 Å². The van der Waals surface area contributed by atoms with Gasteiger partial charge in [0, 0.05) is 6.42 Å². The molecule has 0 aromatic carbocycles. The van der Waals surface area contributed by atoms with Gasteiger partial charge >= 0.3 is 7.82 Å². The first-order valence-electron chi connectivity index (χ1n) is 23.7. The number of carbonyl (C=O) groups excluding carboxylic acids is 1. The molecule has 0 heterocycles. The number of carbonyl (C=O) groups is 1. The molecule has 3 N–H and O–H groups in total. The maximum Gasteiger partial charge on any atom is 0.472 e. The summed E-state index contributed by atoms with van der Waals surface area (Å²) >= 11 is 0. The molecule has 354 valence electrons. The molecule has 0 spiro atoms. The van der Waals surface area contributed by atoms with Gasteiger partial charge in [0.25, 0.3) is 0 Å². The summed E-state index contributed by atoms with van der Waals surface area (Å²) in [7, 11) is 1.48. The number of quaternary nitrogens is 1. The first-order chi connectivity index (χ1) is 30.5. The summed E-state index contributed by atoms with van der Waals surface area (Å²) in [5.74, 6) is -0.259. The largest absolute Gasteiger partial charge is 0.472 e. The quantitative estimate of drug-likeness (QED) is 0.0245. The van der Waals surface area contributed by atoms with Crippen LogP contribution in [0.3, 0.4) is 0 Å². The molecule has 0 saturated carbocycles. The molecule has 0 aromatic heterocycles. The number of unbranched alkanes of at least 4 members (excludes halogenated alkanes) is 5. The Labute approximate surface area is 385 Å². The number of aliphatic hydroxyl groups excluding tert-OH is 1. The van der Waals surface area contributed by atoms with Crippen molar-refractivity contribution in [2.45, 2.75) is 148 Å². The van der Waals surface area contributed by atoms with Crippen molar-refractivity contribution in [1.29, 1.82) is 0 Å². The highest BCUT2D eigenvalue weighted by Crippen LogP contribution is 2.43. The molecule has 0 aromatic rings. The molecule has 0 aliphatic carbocycles. The number of likely N-dealkylation sites (N-methyl/N-ethyl adjacent to an activating group) is 1. The van der Waals surface area contributed by atoms with Crippen molar-refractivity contribution in [2.24, 2.45) is 0 Å². The summed E-state index contributed by atoms with van der Waals surface area (Å²) in [6, 6.07) is -0.911. The number of phosphoric ester groups is 1. The minimum absolute atomic E-state index is 0.0332. The van der Waals surface area contributed by atoms with Crippen molar-refractivity contribution in [3.8, 4) is 0 Å². The van der Waals surface area contributed by atoms with Gasteiger partial charge in [0.15, 0.2) is 0 Å². The predicted octanol–water partition coefficient (Wildman–Crippen LogP) is 13.8. The van der Waals surface area contributed by atoms with Gasteiger partial charge in [-0.05, 0) is 103 Å². The summed E-state index contributed by atoms with van der Waals surface area (Å²) in [4.78, 5) is 23.1. The summed E-state index contributed by atoms with van der Waals surface area (Å²) < 4.78 is 23.5. The fraction of sp³-hybridized carbons (Fsp3) is 0.537. The standard InChI is InChI=1S/C54H87N2O6P/c1-6-8-10-12-14-16-18-20-21-22-23-24-25-26-27-28-29-30-31-32-33-34-35-36-38-40-42-44-46-48-54(58)55-52(51-62-63(59,60)61-50-49-56(3,4)5)53(57)47-45-43-41-39-37-19-17-15-13-11-9-7-2/h8,10,13-16,20-21,23-24,26-27,29-30,32-33,35-37,39-40,42,45,47,52-53,57H,6-7,9,11-12,17-19,22,25,28,31,34,38,41,43-44,46,48-51H2,1-5H3,(H-,55,58,59,60)/p+1/b10-8-,15-13+,16-14-,21-20-,24-23-,27-26-,30-29-,33-32-,36-35-,39-37+,42-40-,47-45+. The van der Waals surface area contributed by atoms with E-state index < -0.39 is 20.0 Å². The number of hydrogen-bond acceptors (Lipinski definition) is 5. The third-order valence-electron chi connectivity index (χ3n) is 9.27. The van der Waals surface area contributed by atoms with Crippen molar-refractivity contribution < 1.29 is 32.9 Å². The smallest absolute Gasteiger partial charge is 0.387 e. The predicted molar refractivity (Wildman–Crippen MR) is 271 cm³/mol. The van der Waals surface area contributed by atoms with Gasteiger partial charge in [-0.3, -0.25) is 13.8 Å². The lowest BCUT2D eigenvalue weighted by atomic mass is 10.1. The van der Waals surface area contributed by atoms with E-state index >= 15 is 0 Å². The highest BCUT2D eigenvalue weighted by atomic mass is 31.2. The van der Waals surface area contributed by atoms with Crippen molar-refractivity contribution in [3.63, 3.8) is 0 Å². The van der Waals surface area contributed by atoms with Crippen molar-refractivity contribution >= 4 is 13.7 Å². The lowest BCUT2D eigenvalue weighted by Crippen LogP contribution is -2.45. The Hall–Kier alpha value is -3.62. The molecule has 0 fully saturated rings. The van der Waals surface area contributed by atoms with E-state index in [0.29, 0.717) is 17.4 Å². The number of nitrogens with one attached hydrogen (secondary N) is 1. The van der Waals surface area contributed by atoms with Crippen LogP contribution in [0.4, 0.5) is 0 Å².